The van der Waals surface area contributed by atoms with E-state index in [2.05, 4.69) is 5.32 Å². The average Bonchev–Trinajstić information content (AvgIpc) is 2.86. The van der Waals surface area contributed by atoms with Crippen LogP contribution in [0.25, 0.3) is 0 Å². The number of benzene rings is 1. The first-order valence-electron chi connectivity index (χ1n) is 7.63. The van der Waals surface area contributed by atoms with E-state index >= 15 is 0 Å². The van der Waals surface area contributed by atoms with Crippen molar-refractivity contribution in [3.05, 3.63) is 29.8 Å². The number of nitrogens with zero attached hydrogens (tertiary/aromatic N) is 1. The zero-order chi connectivity index (χ0) is 16.3. The molecule has 2 atom stereocenters. The minimum Gasteiger partial charge on any atom is -0.365 e. The molecule has 1 aliphatic rings. The molecular formula is C16H23F2N3O. The first-order valence-corrected chi connectivity index (χ1v) is 7.63. The van der Waals surface area contributed by atoms with Crippen LogP contribution in [0.5, 0.6) is 0 Å². The van der Waals surface area contributed by atoms with Crippen molar-refractivity contribution in [3.63, 3.8) is 0 Å². The lowest BCUT2D eigenvalue weighted by molar-refractivity contribution is -0.123. The second-order valence-corrected chi connectivity index (χ2v) is 6.25. The van der Waals surface area contributed by atoms with Gasteiger partial charge in [0, 0.05) is 19.1 Å². The summed E-state index contributed by atoms with van der Waals surface area (Å²) in [5, 5.41) is 2.87. The van der Waals surface area contributed by atoms with Crippen LogP contribution < -0.4 is 16.0 Å². The Bertz CT molecular complexity index is 516. The maximum absolute atomic E-state index is 13.8. The van der Waals surface area contributed by atoms with Crippen LogP contribution in [0.3, 0.4) is 0 Å². The molecule has 122 valence electrons. The fourth-order valence-corrected chi connectivity index (χ4v) is 2.80. The molecule has 1 aromatic rings. The summed E-state index contributed by atoms with van der Waals surface area (Å²) in [7, 11) is 0. The number of rotatable bonds is 5. The molecule has 0 spiro atoms. The molecule has 1 unspecified atom stereocenters. The monoisotopic (exact) mass is 311 g/mol. The molecule has 2 rings (SSSR count). The molecule has 1 aliphatic heterocycles. The van der Waals surface area contributed by atoms with Crippen molar-refractivity contribution in [2.45, 2.75) is 38.8 Å². The Morgan fingerprint density at radius 1 is 1.41 bits per heavy atom. The van der Waals surface area contributed by atoms with Crippen LogP contribution in [-0.4, -0.2) is 31.1 Å². The van der Waals surface area contributed by atoms with Gasteiger partial charge in [-0.1, -0.05) is 19.9 Å². The van der Waals surface area contributed by atoms with E-state index in [0.29, 0.717) is 31.8 Å². The second-order valence-electron chi connectivity index (χ2n) is 6.25. The standard InChI is InChI=1S/C16H23F2N3O/c1-10(2)8-14(19)16(22)20-11-6-7-21(9-11)15-12(17)4-3-5-13(15)18/h3-5,10-11,14H,6-9,19H2,1-2H3,(H,20,22)/t11?,14-/m0/s1. The van der Waals surface area contributed by atoms with E-state index in [1.807, 2.05) is 13.8 Å². The molecule has 1 aromatic carbocycles. The molecule has 0 aliphatic carbocycles. The molecule has 6 heteroatoms. The van der Waals surface area contributed by atoms with Gasteiger partial charge in [-0.05, 0) is 30.9 Å². The number of hydrogen-bond donors (Lipinski definition) is 2. The zero-order valence-corrected chi connectivity index (χ0v) is 13.0. The van der Waals surface area contributed by atoms with E-state index in [1.165, 1.54) is 18.2 Å². The molecule has 4 nitrogen and oxygen atoms in total. The Hall–Kier alpha value is -1.69. The van der Waals surface area contributed by atoms with Gasteiger partial charge in [-0.15, -0.1) is 0 Å². The Morgan fingerprint density at radius 3 is 2.64 bits per heavy atom. The molecule has 0 saturated carbocycles. The van der Waals surface area contributed by atoms with Crippen molar-refractivity contribution >= 4 is 11.6 Å². The summed E-state index contributed by atoms with van der Waals surface area (Å²) in [6, 6.07) is 3.14. The molecule has 1 heterocycles. The van der Waals surface area contributed by atoms with Crippen molar-refractivity contribution in [1.82, 2.24) is 5.32 Å². The topological polar surface area (TPSA) is 58.4 Å². The maximum Gasteiger partial charge on any atom is 0.237 e. The van der Waals surface area contributed by atoms with E-state index in [-0.39, 0.29) is 17.6 Å². The van der Waals surface area contributed by atoms with Gasteiger partial charge >= 0.3 is 0 Å². The molecule has 1 fully saturated rings. The summed E-state index contributed by atoms with van der Waals surface area (Å²) in [5.74, 6) is -1.02. The summed E-state index contributed by atoms with van der Waals surface area (Å²) in [4.78, 5) is 13.6. The van der Waals surface area contributed by atoms with Gasteiger partial charge in [0.1, 0.15) is 17.3 Å². The van der Waals surface area contributed by atoms with Crippen LogP contribution >= 0.6 is 0 Å². The highest BCUT2D eigenvalue weighted by molar-refractivity contribution is 5.81. The number of anilines is 1. The van der Waals surface area contributed by atoms with Crippen LogP contribution in [0.2, 0.25) is 0 Å². The van der Waals surface area contributed by atoms with Crippen LogP contribution in [0.1, 0.15) is 26.7 Å². The molecular weight excluding hydrogens is 288 g/mol. The van der Waals surface area contributed by atoms with E-state index in [0.717, 1.165) is 0 Å². The normalized spacial score (nSPS) is 19.5. The minimum atomic E-state index is -0.580. The summed E-state index contributed by atoms with van der Waals surface area (Å²) in [5.41, 5.74) is 5.82. The highest BCUT2D eigenvalue weighted by Crippen LogP contribution is 2.26. The maximum atomic E-state index is 13.8. The van der Waals surface area contributed by atoms with Crippen molar-refractivity contribution < 1.29 is 13.6 Å². The lowest BCUT2D eigenvalue weighted by Gasteiger charge is -2.21. The fraction of sp³-hybridized carbons (Fsp3) is 0.562. The number of carbonyl (C=O) groups is 1. The van der Waals surface area contributed by atoms with Gasteiger partial charge in [-0.2, -0.15) is 0 Å². The van der Waals surface area contributed by atoms with Crippen molar-refractivity contribution in [2.75, 3.05) is 18.0 Å². The first-order chi connectivity index (χ1) is 10.4. The van der Waals surface area contributed by atoms with Crippen LogP contribution in [0.15, 0.2) is 18.2 Å². The largest absolute Gasteiger partial charge is 0.365 e. The number of amides is 1. The van der Waals surface area contributed by atoms with Gasteiger partial charge < -0.3 is 16.0 Å². The zero-order valence-electron chi connectivity index (χ0n) is 13.0. The van der Waals surface area contributed by atoms with Crippen LogP contribution in [0, 0.1) is 17.6 Å². The molecule has 0 aromatic heterocycles. The third kappa shape index (κ3) is 3.94. The van der Waals surface area contributed by atoms with E-state index in [4.69, 9.17) is 5.73 Å². The molecule has 0 bridgehead atoms. The number of carbonyl (C=O) groups excluding carboxylic acids is 1. The van der Waals surface area contributed by atoms with Gasteiger partial charge in [0.05, 0.1) is 6.04 Å². The third-order valence-corrected chi connectivity index (χ3v) is 3.85. The van der Waals surface area contributed by atoms with E-state index in [1.54, 1.807) is 4.90 Å². The highest BCUT2D eigenvalue weighted by Gasteiger charge is 2.28. The number of nitrogens with two attached hydrogens (primary N) is 1. The predicted octanol–water partition coefficient (Wildman–Crippen LogP) is 2.03. The quantitative estimate of drug-likeness (QED) is 0.875. The van der Waals surface area contributed by atoms with Crippen LogP contribution in [0.4, 0.5) is 14.5 Å². The Kier molecular flexibility index (Phi) is 5.34. The van der Waals surface area contributed by atoms with Crippen molar-refractivity contribution in [2.24, 2.45) is 11.7 Å². The number of hydrogen-bond acceptors (Lipinski definition) is 3. The second kappa shape index (κ2) is 7.05. The molecule has 1 saturated heterocycles. The SMILES string of the molecule is CC(C)C[C@H](N)C(=O)NC1CCN(c2c(F)cccc2F)C1. The van der Waals surface area contributed by atoms with Crippen molar-refractivity contribution in [1.29, 1.82) is 0 Å². The number of nitrogens with one attached hydrogen (secondary N) is 1. The van der Waals surface area contributed by atoms with Gasteiger partial charge in [-0.25, -0.2) is 8.78 Å². The summed E-state index contributed by atoms with van der Waals surface area (Å²) >= 11 is 0. The molecule has 1 amide bonds. The average molecular weight is 311 g/mol. The van der Waals surface area contributed by atoms with Gasteiger partial charge in [0.2, 0.25) is 5.91 Å². The Labute approximate surface area is 129 Å². The van der Waals surface area contributed by atoms with E-state index in [9.17, 15) is 13.6 Å². The Balaban J connectivity index is 1.94. The molecule has 0 radical (unpaired) electrons. The number of para-hydroxylation sites is 1. The number of halogens is 2. The van der Waals surface area contributed by atoms with Gasteiger partial charge in [-0.3, -0.25) is 4.79 Å². The predicted molar refractivity (Wildman–Crippen MR) is 82.5 cm³/mol. The third-order valence-electron chi connectivity index (χ3n) is 3.85. The summed E-state index contributed by atoms with van der Waals surface area (Å²) in [6.07, 6.45) is 1.26. The lowest BCUT2D eigenvalue weighted by Crippen LogP contribution is -2.46. The first kappa shape index (κ1) is 16.7. The smallest absolute Gasteiger partial charge is 0.237 e. The van der Waals surface area contributed by atoms with Crippen LogP contribution in [-0.2, 0) is 4.79 Å². The Morgan fingerprint density at radius 2 is 2.05 bits per heavy atom. The molecule has 3 N–H and O–H groups in total. The van der Waals surface area contributed by atoms with Gasteiger partial charge in [0.25, 0.3) is 0 Å². The lowest BCUT2D eigenvalue weighted by atomic mass is 10.0. The summed E-state index contributed by atoms with van der Waals surface area (Å²) in [6.45, 7) is 4.90. The highest BCUT2D eigenvalue weighted by atomic mass is 19.1. The summed E-state index contributed by atoms with van der Waals surface area (Å²) < 4.78 is 27.5. The fourth-order valence-electron chi connectivity index (χ4n) is 2.80. The van der Waals surface area contributed by atoms with Gasteiger partial charge in [0.15, 0.2) is 0 Å². The molecule has 22 heavy (non-hydrogen) atoms. The van der Waals surface area contributed by atoms with E-state index < -0.39 is 17.7 Å². The van der Waals surface area contributed by atoms with Crippen molar-refractivity contribution in [3.8, 4) is 0 Å². The minimum absolute atomic E-state index is 0.0225.